The van der Waals surface area contributed by atoms with Crippen LogP contribution in [0.2, 0.25) is 0 Å². The van der Waals surface area contributed by atoms with Gasteiger partial charge in [-0.15, -0.1) is 0 Å². The van der Waals surface area contributed by atoms with Crippen molar-refractivity contribution < 1.29 is 17.9 Å². The minimum absolute atomic E-state index is 0.185. The van der Waals surface area contributed by atoms with Crippen molar-refractivity contribution in [3.8, 4) is 0 Å². The second kappa shape index (κ2) is 5.80. The molecule has 0 unspecified atom stereocenters. The number of hydrogen-bond donors (Lipinski definition) is 0. The summed E-state index contributed by atoms with van der Waals surface area (Å²) in [4.78, 5) is 10.7. The van der Waals surface area contributed by atoms with E-state index in [1.54, 1.807) is 0 Å². The normalized spacial score (nSPS) is 10.9. The average Bonchev–Trinajstić information content (AvgIpc) is 2.04. The highest BCUT2D eigenvalue weighted by atomic mass is 32.2. The summed E-state index contributed by atoms with van der Waals surface area (Å²) in [5, 5.41) is 0. The average molecular weight is 208 g/mol. The summed E-state index contributed by atoms with van der Waals surface area (Å²) in [6.45, 7) is 3.57. The second-order valence-electron chi connectivity index (χ2n) is 2.43. The lowest BCUT2D eigenvalue weighted by Gasteiger charge is -2.02. The highest BCUT2D eigenvalue weighted by Gasteiger charge is 2.15. The highest BCUT2D eigenvalue weighted by Crippen LogP contribution is 1.92. The van der Waals surface area contributed by atoms with E-state index in [4.69, 9.17) is 0 Å². The Morgan fingerprint density at radius 3 is 2.46 bits per heavy atom. The maximum Gasteiger partial charge on any atom is 0.444 e. The fourth-order valence-corrected chi connectivity index (χ4v) is 0.917. The van der Waals surface area contributed by atoms with Gasteiger partial charge in [0.05, 0.1) is 12.4 Å². The van der Waals surface area contributed by atoms with Crippen molar-refractivity contribution in [1.82, 2.24) is 4.72 Å². The van der Waals surface area contributed by atoms with Crippen molar-refractivity contribution in [3.05, 3.63) is 0 Å². The van der Waals surface area contributed by atoms with E-state index in [0.717, 1.165) is 6.42 Å². The zero-order valence-electron chi connectivity index (χ0n) is 7.82. The maximum absolute atomic E-state index is 10.8. The van der Waals surface area contributed by atoms with Crippen LogP contribution < -0.4 is 4.72 Å². The summed E-state index contributed by atoms with van der Waals surface area (Å²) in [5.74, 6) is -0.185. The number of unbranched alkanes of at least 4 members (excludes halogenated alkanes) is 1. The van der Waals surface area contributed by atoms with E-state index in [1.807, 2.05) is 6.92 Å². The minimum atomic E-state index is -3.61. The molecule has 0 spiro atoms. The Bertz CT molecular complexity index is 247. The van der Waals surface area contributed by atoms with Crippen LogP contribution in [-0.4, -0.2) is 26.9 Å². The molecule has 1 radical (unpaired) electrons. The summed E-state index contributed by atoms with van der Waals surface area (Å²) < 4.78 is 29.0. The second-order valence-corrected chi connectivity index (χ2v) is 4.35. The first-order chi connectivity index (χ1) is 6.02. The highest BCUT2D eigenvalue weighted by molar-refractivity contribution is 7.89. The van der Waals surface area contributed by atoms with Gasteiger partial charge in [-0.1, -0.05) is 18.1 Å². The van der Waals surface area contributed by atoms with E-state index in [2.05, 4.69) is 9.46 Å². The standard InChI is InChI=1S/C7H14NO4S/c1-3-5-6-12-7(9)8-13(10,11)4-2/h3-6H2,1-2H3. The van der Waals surface area contributed by atoms with Gasteiger partial charge in [0.15, 0.2) is 0 Å². The summed E-state index contributed by atoms with van der Waals surface area (Å²) in [6.07, 6.45) is 0.580. The summed E-state index contributed by atoms with van der Waals surface area (Å²) in [5.41, 5.74) is 0. The van der Waals surface area contributed by atoms with Gasteiger partial charge in [0.25, 0.3) is 10.0 Å². The van der Waals surface area contributed by atoms with Gasteiger partial charge in [0.1, 0.15) is 0 Å². The lowest BCUT2D eigenvalue weighted by molar-refractivity contribution is 0.150. The topological polar surface area (TPSA) is 74.5 Å². The molecule has 0 N–H and O–H groups in total. The maximum atomic E-state index is 10.8. The smallest absolute Gasteiger partial charge is 0.444 e. The van der Waals surface area contributed by atoms with Crippen molar-refractivity contribution in [2.24, 2.45) is 0 Å². The molecule has 0 rings (SSSR count). The molecule has 0 aromatic carbocycles. The summed E-state index contributed by atoms with van der Waals surface area (Å²) >= 11 is 0. The predicted octanol–water partition coefficient (Wildman–Crippen LogP) is 0.877. The third-order valence-corrected chi connectivity index (χ3v) is 2.46. The van der Waals surface area contributed by atoms with Gasteiger partial charge in [-0.25, -0.2) is 13.2 Å². The quantitative estimate of drug-likeness (QED) is 0.628. The monoisotopic (exact) mass is 208 g/mol. The van der Waals surface area contributed by atoms with Gasteiger partial charge in [-0.3, -0.25) is 0 Å². The first-order valence-electron chi connectivity index (χ1n) is 4.14. The lowest BCUT2D eigenvalue weighted by atomic mass is 10.4. The van der Waals surface area contributed by atoms with E-state index in [0.29, 0.717) is 6.42 Å². The molecule has 0 bridgehead atoms. The Balaban J connectivity index is 3.75. The van der Waals surface area contributed by atoms with Gasteiger partial charge < -0.3 is 4.74 Å². The lowest BCUT2D eigenvalue weighted by Crippen LogP contribution is -2.25. The molecule has 0 aromatic rings. The molecule has 0 fully saturated rings. The molecule has 0 aromatic heterocycles. The Morgan fingerprint density at radius 2 is 2.00 bits per heavy atom. The fraction of sp³-hybridized carbons (Fsp3) is 0.857. The van der Waals surface area contributed by atoms with Crippen LogP contribution in [0.1, 0.15) is 26.7 Å². The zero-order chi connectivity index (χ0) is 10.3. The molecule has 13 heavy (non-hydrogen) atoms. The van der Waals surface area contributed by atoms with Crippen LogP contribution in [0.5, 0.6) is 0 Å². The number of ether oxygens (including phenoxy) is 1. The molecule has 0 heterocycles. The largest absolute Gasteiger partial charge is 0.447 e. The molecule has 77 valence electrons. The van der Waals surface area contributed by atoms with Gasteiger partial charge in [-0.05, 0) is 13.3 Å². The molecular weight excluding hydrogens is 194 g/mol. The number of rotatable bonds is 5. The number of sulfonamides is 1. The van der Waals surface area contributed by atoms with E-state index in [9.17, 15) is 13.2 Å². The van der Waals surface area contributed by atoms with Crippen LogP contribution in [0.3, 0.4) is 0 Å². The van der Waals surface area contributed by atoms with Gasteiger partial charge in [0.2, 0.25) is 0 Å². The minimum Gasteiger partial charge on any atom is -0.447 e. The van der Waals surface area contributed by atoms with Gasteiger partial charge in [-0.2, -0.15) is 0 Å². The third kappa shape index (κ3) is 6.39. The Labute approximate surface area is 78.5 Å². The molecule has 0 saturated heterocycles. The van der Waals surface area contributed by atoms with E-state index >= 15 is 0 Å². The van der Waals surface area contributed by atoms with E-state index in [1.165, 1.54) is 6.92 Å². The van der Waals surface area contributed by atoms with Crippen LogP contribution in [0, 0.1) is 0 Å². The zero-order valence-corrected chi connectivity index (χ0v) is 8.63. The van der Waals surface area contributed by atoms with Crippen LogP contribution in [0.25, 0.3) is 0 Å². The van der Waals surface area contributed by atoms with Gasteiger partial charge >= 0.3 is 6.09 Å². The number of carbonyl (C=O) groups is 1. The summed E-state index contributed by atoms with van der Waals surface area (Å²) in [7, 11) is -3.61. The van der Waals surface area contributed by atoms with Crippen LogP contribution in [-0.2, 0) is 14.8 Å². The molecular formula is C7H14NO4S. The van der Waals surface area contributed by atoms with Gasteiger partial charge in [0, 0.05) is 0 Å². The van der Waals surface area contributed by atoms with Crippen molar-refractivity contribution in [2.75, 3.05) is 12.4 Å². The molecule has 0 aliphatic rings. The molecule has 0 aliphatic carbocycles. The Hall–Kier alpha value is -0.780. The van der Waals surface area contributed by atoms with Crippen molar-refractivity contribution in [3.63, 3.8) is 0 Å². The molecule has 6 heteroatoms. The van der Waals surface area contributed by atoms with Crippen molar-refractivity contribution in [2.45, 2.75) is 26.7 Å². The predicted molar refractivity (Wildman–Crippen MR) is 47.9 cm³/mol. The van der Waals surface area contributed by atoms with Crippen LogP contribution in [0.15, 0.2) is 0 Å². The van der Waals surface area contributed by atoms with Crippen LogP contribution >= 0.6 is 0 Å². The van der Waals surface area contributed by atoms with Crippen molar-refractivity contribution in [1.29, 1.82) is 0 Å². The first kappa shape index (κ1) is 12.2. The number of nitrogens with zero attached hydrogens (tertiary/aromatic N) is 1. The Morgan fingerprint density at radius 1 is 1.38 bits per heavy atom. The fourth-order valence-electron chi connectivity index (χ4n) is 0.508. The van der Waals surface area contributed by atoms with Crippen LogP contribution in [0.4, 0.5) is 4.79 Å². The number of hydrogen-bond acceptors (Lipinski definition) is 4. The third-order valence-electron chi connectivity index (χ3n) is 1.30. The Kier molecular flexibility index (Phi) is 5.45. The summed E-state index contributed by atoms with van der Waals surface area (Å²) in [6, 6.07) is 0. The SMILES string of the molecule is CCCCOC(=O)[N]S(=O)(=O)CC. The van der Waals surface area contributed by atoms with E-state index in [-0.39, 0.29) is 12.4 Å². The molecule has 1 amide bonds. The molecule has 0 atom stereocenters. The molecule has 0 aliphatic heterocycles. The van der Waals surface area contributed by atoms with Crippen molar-refractivity contribution >= 4 is 16.1 Å². The molecule has 5 nitrogen and oxygen atoms in total. The number of amides is 1. The first-order valence-corrected chi connectivity index (χ1v) is 5.75. The van der Waals surface area contributed by atoms with E-state index < -0.39 is 16.1 Å². The molecule has 0 saturated carbocycles. The number of carbonyl (C=O) groups excluding carboxylic acids is 1.